The highest BCUT2D eigenvalue weighted by molar-refractivity contribution is 7.16. The van der Waals surface area contributed by atoms with Gasteiger partial charge in [-0.25, -0.2) is 14.4 Å². The summed E-state index contributed by atoms with van der Waals surface area (Å²) in [6, 6.07) is 6.51. The van der Waals surface area contributed by atoms with Crippen molar-refractivity contribution in [3.8, 4) is 0 Å². The van der Waals surface area contributed by atoms with Crippen molar-refractivity contribution in [2.75, 3.05) is 26.0 Å². The molecule has 0 aliphatic rings. The highest BCUT2D eigenvalue weighted by Gasteiger charge is 2.21. The van der Waals surface area contributed by atoms with Gasteiger partial charge in [-0.15, -0.1) is 11.3 Å². The Morgan fingerprint density at radius 2 is 2.13 bits per heavy atom. The Labute approximate surface area is 142 Å². The first-order chi connectivity index (χ1) is 11.1. The molecule has 0 aliphatic heterocycles. The molecular weight excluding hydrogens is 335 g/mol. The Hall–Kier alpha value is -1.76. The van der Waals surface area contributed by atoms with E-state index in [4.69, 9.17) is 11.6 Å². The van der Waals surface area contributed by atoms with Crippen LogP contribution < -0.4 is 5.32 Å². The molecule has 3 rings (SSSR count). The van der Waals surface area contributed by atoms with Crippen LogP contribution in [0.2, 0.25) is 5.02 Å². The highest BCUT2D eigenvalue weighted by atomic mass is 35.5. The lowest BCUT2D eigenvalue weighted by Gasteiger charge is -2.26. The van der Waals surface area contributed by atoms with Gasteiger partial charge in [0.2, 0.25) is 0 Å². The van der Waals surface area contributed by atoms with Crippen LogP contribution in [0.4, 0.5) is 10.2 Å². The molecule has 1 N–H and O–H groups in total. The summed E-state index contributed by atoms with van der Waals surface area (Å²) in [6.07, 6.45) is 1.53. The number of hydrogen-bond acceptors (Lipinski definition) is 5. The van der Waals surface area contributed by atoms with E-state index < -0.39 is 0 Å². The van der Waals surface area contributed by atoms with Crippen LogP contribution in [0, 0.1) is 5.82 Å². The lowest BCUT2D eigenvalue weighted by Crippen LogP contribution is -2.28. The molecule has 2 heterocycles. The van der Waals surface area contributed by atoms with E-state index in [1.807, 2.05) is 30.4 Å². The first-order valence-corrected chi connectivity index (χ1v) is 8.36. The SMILES string of the molecule is CN(C)C(CNc1ncnc2sccc12)c1c(F)cccc1Cl. The summed E-state index contributed by atoms with van der Waals surface area (Å²) in [7, 11) is 3.80. The zero-order valence-corrected chi connectivity index (χ0v) is 14.3. The molecule has 1 atom stereocenters. The molecule has 0 bridgehead atoms. The van der Waals surface area contributed by atoms with Crippen molar-refractivity contribution >= 4 is 39.0 Å². The quantitative estimate of drug-likeness (QED) is 0.748. The summed E-state index contributed by atoms with van der Waals surface area (Å²) < 4.78 is 14.2. The van der Waals surface area contributed by atoms with Crippen LogP contribution in [-0.4, -0.2) is 35.5 Å². The molecule has 120 valence electrons. The van der Waals surface area contributed by atoms with E-state index in [0.29, 0.717) is 17.1 Å². The average Bonchev–Trinajstić information content (AvgIpc) is 2.99. The van der Waals surface area contributed by atoms with Crippen LogP contribution in [0.25, 0.3) is 10.2 Å². The highest BCUT2D eigenvalue weighted by Crippen LogP contribution is 2.30. The zero-order chi connectivity index (χ0) is 16.4. The minimum atomic E-state index is -0.304. The van der Waals surface area contributed by atoms with Crippen LogP contribution in [0.15, 0.2) is 36.0 Å². The van der Waals surface area contributed by atoms with E-state index in [2.05, 4.69) is 15.3 Å². The third-order valence-electron chi connectivity index (χ3n) is 3.68. The normalized spacial score (nSPS) is 12.7. The van der Waals surface area contributed by atoms with Gasteiger partial charge in [-0.05, 0) is 37.7 Å². The molecule has 0 fully saturated rings. The largest absolute Gasteiger partial charge is 0.368 e. The van der Waals surface area contributed by atoms with E-state index in [1.165, 1.54) is 12.4 Å². The fourth-order valence-electron chi connectivity index (χ4n) is 2.50. The third-order valence-corrected chi connectivity index (χ3v) is 4.83. The minimum Gasteiger partial charge on any atom is -0.368 e. The Morgan fingerprint density at radius 1 is 1.30 bits per heavy atom. The maximum atomic E-state index is 14.2. The summed E-state index contributed by atoms with van der Waals surface area (Å²) in [6.45, 7) is 0.482. The summed E-state index contributed by atoms with van der Waals surface area (Å²) in [4.78, 5) is 11.4. The Bertz CT molecular complexity index is 800. The summed E-state index contributed by atoms with van der Waals surface area (Å²) in [5, 5.41) is 6.66. The van der Waals surface area contributed by atoms with Gasteiger partial charge in [0.05, 0.1) is 11.4 Å². The van der Waals surface area contributed by atoms with Crippen LogP contribution >= 0.6 is 22.9 Å². The van der Waals surface area contributed by atoms with Crippen LogP contribution in [0.5, 0.6) is 0 Å². The number of thiophene rings is 1. The number of nitrogens with one attached hydrogen (secondary N) is 1. The van der Waals surface area contributed by atoms with Crippen molar-refractivity contribution in [3.05, 3.63) is 52.4 Å². The van der Waals surface area contributed by atoms with E-state index in [0.717, 1.165) is 16.0 Å². The fraction of sp³-hybridized carbons (Fsp3) is 0.250. The Morgan fingerprint density at radius 3 is 2.87 bits per heavy atom. The number of nitrogens with zero attached hydrogens (tertiary/aromatic N) is 3. The van der Waals surface area contributed by atoms with Gasteiger partial charge in [-0.2, -0.15) is 0 Å². The molecular formula is C16H16ClFN4S. The number of halogens is 2. The first kappa shape index (κ1) is 16.1. The second kappa shape index (κ2) is 6.78. The van der Waals surface area contributed by atoms with Crippen LogP contribution in [0.3, 0.4) is 0 Å². The molecule has 23 heavy (non-hydrogen) atoms. The molecule has 0 aliphatic carbocycles. The number of hydrogen-bond donors (Lipinski definition) is 1. The van der Waals surface area contributed by atoms with Crippen LogP contribution in [0.1, 0.15) is 11.6 Å². The second-order valence-corrected chi connectivity index (χ2v) is 6.66. The van der Waals surface area contributed by atoms with E-state index in [9.17, 15) is 4.39 Å². The lowest BCUT2D eigenvalue weighted by molar-refractivity contribution is 0.304. The average molecular weight is 351 g/mol. The van der Waals surface area contributed by atoms with Crippen molar-refractivity contribution in [2.45, 2.75) is 6.04 Å². The molecule has 0 spiro atoms. The molecule has 0 amide bonds. The van der Waals surface area contributed by atoms with E-state index in [-0.39, 0.29) is 11.9 Å². The molecule has 2 aromatic heterocycles. The van der Waals surface area contributed by atoms with E-state index in [1.54, 1.807) is 23.5 Å². The summed E-state index contributed by atoms with van der Waals surface area (Å²) in [5.41, 5.74) is 0.488. The van der Waals surface area contributed by atoms with Gasteiger partial charge in [-0.3, -0.25) is 0 Å². The van der Waals surface area contributed by atoms with Gasteiger partial charge in [0.15, 0.2) is 0 Å². The summed E-state index contributed by atoms with van der Waals surface area (Å²) in [5.74, 6) is 0.442. The molecule has 4 nitrogen and oxygen atoms in total. The van der Waals surface area contributed by atoms with Gasteiger partial charge in [-0.1, -0.05) is 17.7 Å². The maximum absolute atomic E-state index is 14.2. The minimum absolute atomic E-state index is 0.215. The van der Waals surface area contributed by atoms with Crippen molar-refractivity contribution < 1.29 is 4.39 Å². The third kappa shape index (κ3) is 3.29. The van der Waals surface area contributed by atoms with Gasteiger partial charge in [0.1, 0.15) is 22.8 Å². The predicted octanol–water partition coefficient (Wildman–Crippen LogP) is 4.20. The molecule has 1 aromatic carbocycles. The second-order valence-electron chi connectivity index (χ2n) is 5.36. The monoisotopic (exact) mass is 350 g/mol. The van der Waals surface area contributed by atoms with E-state index >= 15 is 0 Å². The number of likely N-dealkylation sites (N-methyl/N-ethyl adjacent to an activating group) is 1. The zero-order valence-electron chi connectivity index (χ0n) is 12.8. The van der Waals surface area contributed by atoms with Crippen molar-refractivity contribution in [1.29, 1.82) is 0 Å². The number of fused-ring (bicyclic) bond motifs is 1. The molecule has 0 saturated heterocycles. The van der Waals surface area contributed by atoms with Gasteiger partial charge in [0, 0.05) is 17.1 Å². The van der Waals surface area contributed by atoms with Crippen molar-refractivity contribution in [3.63, 3.8) is 0 Å². The molecule has 0 saturated carbocycles. The number of rotatable bonds is 5. The molecule has 3 aromatic rings. The van der Waals surface area contributed by atoms with Crippen molar-refractivity contribution in [2.24, 2.45) is 0 Å². The van der Waals surface area contributed by atoms with Gasteiger partial charge < -0.3 is 10.2 Å². The molecule has 0 radical (unpaired) electrons. The maximum Gasteiger partial charge on any atom is 0.138 e. The molecule has 1 unspecified atom stereocenters. The number of aromatic nitrogens is 2. The number of anilines is 1. The van der Waals surface area contributed by atoms with Crippen LogP contribution in [-0.2, 0) is 0 Å². The Kier molecular flexibility index (Phi) is 4.75. The van der Waals surface area contributed by atoms with Gasteiger partial charge in [0.25, 0.3) is 0 Å². The smallest absolute Gasteiger partial charge is 0.138 e. The number of benzene rings is 1. The van der Waals surface area contributed by atoms with Crippen molar-refractivity contribution in [1.82, 2.24) is 14.9 Å². The summed E-state index contributed by atoms with van der Waals surface area (Å²) >= 11 is 7.77. The first-order valence-electron chi connectivity index (χ1n) is 7.10. The Balaban J connectivity index is 1.88. The standard InChI is InChI=1S/C16H16ClFN4S/c1-22(2)13(14-11(17)4-3-5-12(14)18)8-19-15-10-6-7-23-16(10)21-9-20-15/h3-7,9,13H,8H2,1-2H3,(H,19,20,21). The lowest BCUT2D eigenvalue weighted by atomic mass is 10.0. The predicted molar refractivity (Wildman–Crippen MR) is 93.7 cm³/mol. The topological polar surface area (TPSA) is 41.0 Å². The molecule has 7 heteroatoms. The van der Waals surface area contributed by atoms with Gasteiger partial charge >= 0.3 is 0 Å². The fourth-order valence-corrected chi connectivity index (χ4v) is 3.52.